The van der Waals surface area contributed by atoms with Gasteiger partial charge in [0, 0.05) is 24.9 Å². The van der Waals surface area contributed by atoms with Crippen LogP contribution in [-0.2, 0) is 9.59 Å². The van der Waals surface area contributed by atoms with Crippen molar-refractivity contribution in [2.24, 2.45) is 0 Å². The van der Waals surface area contributed by atoms with Crippen LogP contribution in [0.25, 0.3) is 6.08 Å². The van der Waals surface area contributed by atoms with Crippen LogP contribution < -0.4 is 15.0 Å². The van der Waals surface area contributed by atoms with E-state index >= 15 is 0 Å². The second kappa shape index (κ2) is 9.59. The SMILES string of the molecule is CC(C)c1ccc(/C=C/C(=O)Nc2ccc3c(c2)N(CCN(C)C)C(=O)CO3)cc1. The zero-order valence-corrected chi connectivity index (χ0v) is 18.0. The number of ether oxygens (including phenoxy) is 1. The van der Waals surface area contributed by atoms with Gasteiger partial charge in [-0.2, -0.15) is 0 Å². The average Bonchev–Trinajstić information content (AvgIpc) is 2.71. The third-order valence-electron chi connectivity index (χ3n) is 4.97. The molecule has 0 fully saturated rings. The maximum Gasteiger partial charge on any atom is 0.265 e. The van der Waals surface area contributed by atoms with Crippen LogP contribution >= 0.6 is 0 Å². The van der Waals surface area contributed by atoms with Gasteiger partial charge in [-0.15, -0.1) is 0 Å². The summed E-state index contributed by atoms with van der Waals surface area (Å²) in [4.78, 5) is 28.4. The molecule has 2 aromatic carbocycles. The van der Waals surface area contributed by atoms with Crippen LogP contribution in [-0.4, -0.2) is 50.5 Å². The highest BCUT2D eigenvalue weighted by atomic mass is 16.5. The monoisotopic (exact) mass is 407 g/mol. The van der Waals surface area contributed by atoms with Gasteiger partial charge in [0.05, 0.1) is 5.69 Å². The molecule has 2 aromatic rings. The average molecular weight is 408 g/mol. The molecular weight excluding hydrogens is 378 g/mol. The number of nitrogens with zero attached hydrogens (tertiary/aromatic N) is 2. The molecule has 158 valence electrons. The number of nitrogens with one attached hydrogen (secondary N) is 1. The number of anilines is 2. The van der Waals surface area contributed by atoms with Crippen molar-refractivity contribution < 1.29 is 14.3 Å². The molecule has 0 bridgehead atoms. The van der Waals surface area contributed by atoms with E-state index in [0.29, 0.717) is 29.6 Å². The molecule has 6 nitrogen and oxygen atoms in total. The lowest BCUT2D eigenvalue weighted by molar-refractivity contribution is -0.121. The Morgan fingerprint density at radius 3 is 2.60 bits per heavy atom. The quantitative estimate of drug-likeness (QED) is 0.710. The van der Waals surface area contributed by atoms with Gasteiger partial charge in [0.1, 0.15) is 5.75 Å². The maximum absolute atomic E-state index is 12.4. The number of amides is 2. The van der Waals surface area contributed by atoms with E-state index in [1.165, 1.54) is 11.6 Å². The van der Waals surface area contributed by atoms with Crippen molar-refractivity contribution in [3.63, 3.8) is 0 Å². The van der Waals surface area contributed by atoms with Crippen molar-refractivity contribution >= 4 is 29.3 Å². The summed E-state index contributed by atoms with van der Waals surface area (Å²) in [6.07, 6.45) is 3.29. The van der Waals surface area contributed by atoms with Crippen molar-refractivity contribution in [2.75, 3.05) is 44.0 Å². The van der Waals surface area contributed by atoms with Crippen molar-refractivity contribution in [2.45, 2.75) is 19.8 Å². The molecule has 0 saturated carbocycles. The van der Waals surface area contributed by atoms with E-state index in [0.717, 1.165) is 12.1 Å². The van der Waals surface area contributed by atoms with Crippen LogP contribution in [0.2, 0.25) is 0 Å². The second-order valence-corrected chi connectivity index (χ2v) is 7.96. The van der Waals surface area contributed by atoms with Gasteiger partial charge in [-0.25, -0.2) is 0 Å². The molecule has 3 rings (SSSR count). The predicted molar refractivity (Wildman–Crippen MR) is 121 cm³/mol. The Kier molecular flexibility index (Phi) is 6.90. The van der Waals surface area contributed by atoms with Gasteiger partial charge in [-0.05, 0) is 55.4 Å². The first-order chi connectivity index (χ1) is 14.3. The summed E-state index contributed by atoms with van der Waals surface area (Å²) < 4.78 is 5.53. The third kappa shape index (κ3) is 5.48. The van der Waals surface area contributed by atoms with Gasteiger partial charge in [-0.3, -0.25) is 9.59 Å². The first kappa shape index (κ1) is 21.6. The highest BCUT2D eigenvalue weighted by Crippen LogP contribution is 2.34. The smallest absolute Gasteiger partial charge is 0.265 e. The number of carbonyl (C=O) groups is 2. The fourth-order valence-electron chi connectivity index (χ4n) is 3.17. The molecule has 0 saturated heterocycles. The van der Waals surface area contributed by atoms with Crippen LogP contribution in [0.4, 0.5) is 11.4 Å². The van der Waals surface area contributed by atoms with E-state index in [9.17, 15) is 9.59 Å². The van der Waals surface area contributed by atoms with Crippen LogP contribution in [0.5, 0.6) is 5.75 Å². The molecule has 2 amide bonds. The number of likely N-dealkylation sites (N-methyl/N-ethyl adjacent to an activating group) is 1. The number of fused-ring (bicyclic) bond motifs is 1. The van der Waals surface area contributed by atoms with E-state index in [1.54, 1.807) is 29.2 Å². The third-order valence-corrected chi connectivity index (χ3v) is 4.97. The van der Waals surface area contributed by atoms with Crippen molar-refractivity contribution in [3.8, 4) is 5.75 Å². The summed E-state index contributed by atoms with van der Waals surface area (Å²) in [7, 11) is 3.93. The molecule has 0 atom stereocenters. The molecule has 0 spiro atoms. The Balaban J connectivity index is 1.69. The summed E-state index contributed by atoms with van der Waals surface area (Å²) >= 11 is 0. The largest absolute Gasteiger partial charge is 0.482 e. The van der Waals surface area contributed by atoms with Gasteiger partial charge < -0.3 is 19.9 Å². The zero-order chi connectivity index (χ0) is 21.7. The fourth-order valence-corrected chi connectivity index (χ4v) is 3.17. The van der Waals surface area contributed by atoms with Crippen molar-refractivity contribution in [3.05, 3.63) is 59.7 Å². The topological polar surface area (TPSA) is 61.9 Å². The van der Waals surface area contributed by atoms with Gasteiger partial charge in [-0.1, -0.05) is 38.1 Å². The Bertz CT molecular complexity index is 933. The summed E-state index contributed by atoms with van der Waals surface area (Å²) in [5, 5.41) is 2.86. The summed E-state index contributed by atoms with van der Waals surface area (Å²) in [6, 6.07) is 13.5. The standard InChI is InChI=1S/C24H29N3O3/c1-17(2)19-8-5-18(6-9-19)7-12-23(28)25-20-10-11-22-21(15-20)27(14-13-26(3)4)24(29)16-30-22/h5-12,15,17H,13-14,16H2,1-4H3,(H,25,28)/b12-7+. The minimum atomic E-state index is -0.231. The minimum Gasteiger partial charge on any atom is -0.482 e. The Morgan fingerprint density at radius 2 is 1.93 bits per heavy atom. The fraction of sp³-hybridized carbons (Fsp3) is 0.333. The molecule has 1 aliphatic rings. The van der Waals surface area contributed by atoms with E-state index < -0.39 is 0 Å². The summed E-state index contributed by atoms with van der Waals surface area (Å²) in [5.74, 6) is 0.805. The Hall–Kier alpha value is -3.12. The molecule has 1 aliphatic heterocycles. The van der Waals surface area contributed by atoms with Gasteiger partial charge in [0.15, 0.2) is 6.61 Å². The number of hydrogen-bond acceptors (Lipinski definition) is 4. The van der Waals surface area contributed by atoms with Crippen LogP contribution in [0.1, 0.15) is 30.9 Å². The predicted octanol–water partition coefficient (Wildman–Crippen LogP) is 3.75. The highest BCUT2D eigenvalue weighted by Gasteiger charge is 2.25. The zero-order valence-electron chi connectivity index (χ0n) is 18.0. The van der Waals surface area contributed by atoms with Gasteiger partial charge in [0.2, 0.25) is 5.91 Å². The number of hydrogen-bond donors (Lipinski definition) is 1. The number of benzene rings is 2. The van der Waals surface area contributed by atoms with Crippen LogP contribution in [0.3, 0.4) is 0 Å². The molecule has 0 radical (unpaired) electrons. The Morgan fingerprint density at radius 1 is 1.20 bits per heavy atom. The van der Waals surface area contributed by atoms with Crippen LogP contribution in [0, 0.1) is 0 Å². The van der Waals surface area contributed by atoms with E-state index in [4.69, 9.17) is 4.74 Å². The van der Waals surface area contributed by atoms with E-state index in [1.807, 2.05) is 31.1 Å². The molecule has 1 N–H and O–H groups in total. The molecule has 0 unspecified atom stereocenters. The Labute approximate surface area is 178 Å². The number of carbonyl (C=O) groups excluding carboxylic acids is 2. The lowest BCUT2D eigenvalue weighted by Crippen LogP contribution is -2.42. The maximum atomic E-state index is 12.4. The lowest BCUT2D eigenvalue weighted by atomic mass is 10.0. The lowest BCUT2D eigenvalue weighted by Gasteiger charge is -2.30. The molecule has 0 aliphatic carbocycles. The van der Waals surface area contributed by atoms with E-state index in [2.05, 4.69) is 31.3 Å². The molecule has 1 heterocycles. The van der Waals surface area contributed by atoms with Gasteiger partial charge >= 0.3 is 0 Å². The normalized spacial score (nSPS) is 13.7. The first-order valence-corrected chi connectivity index (χ1v) is 10.1. The van der Waals surface area contributed by atoms with E-state index in [-0.39, 0.29) is 18.4 Å². The summed E-state index contributed by atoms with van der Waals surface area (Å²) in [5.41, 5.74) is 3.53. The van der Waals surface area contributed by atoms with Crippen molar-refractivity contribution in [1.82, 2.24) is 4.90 Å². The highest BCUT2D eigenvalue weighted by molar-refractivity contribution is 6.03. The second-order valence-electron chi connectivity index (χ2n) is 7.96. The van der Waals surface area contributed by atoms with Gasteiger partial charge in [0.25, 0.3) is 5.91 Å². The summed E-state index contributed by atoms with van der Waals surface area (Å²) in [6.45, 7) is 5.63. The minimum absolute atomic E-state index is 0.0322. The first-order valence-electron chi connectivity index (χ1n) is 10.1. The number of rotatable bonds is 7. The van der Waals surface area contributed by atoms with Crippen LogP contribution in [0.15, 0.2) is 48.5 Å². The molecule has 0 aromatic heterocycles. The molecule has 6 heteroatoms. The molecular formula is C24H29N3O3. The molecule has 30 heavy (non-hydrogen) atoms. The van der Waals surface area contributed by atoms with Crippen molar-refractivity contribution in [1.29, 1.82) is 0 Å².